The Morgan fingerprint density at radius 1 is 1.15 bits per heavy atom. The average Bonchev–Trinajstić information content (AvgIpc) is 2.83. The predicted octanol–water partition coefficient (Wildman–Crippen LogP) is 3.58. The molecular weight excluding hydrogens is 412 g/mol. The van der Waals surface area contributed by atoms with E-state index in [0.29, 0.717) is 31.8 Å². The monoisotopic (exact) mass is 448 g/mol. The number of carbonyl (C=O) groups is 2. The van der Waals surface area contributed by atoms with Gasteiger partial charge in [-0.3, -0.25) is 19.5 Å². The standard InChI is InChI=1S/C27H36N4O2/c1-20(2)18-31-25(32)11-10-24(26(31)22-9-5-13-28-17-22)27(33)29-14-6-15-30-16-12-21-7-3-4-8-23(21)19-30/h3-5,7-9,13,17,20,24,26H,6,10-12,14-16,18-19H2,1-2H3,(H,29,33)/t24-,26+/m1/s1. The summed E-state index contributed by atoms with van der Waals surface area (Å²) in [6.45, 7) is 8.56. The molecular formula is C27H36N4O2. The van der Waals surface area contributed by atoms with Gasteiger partial charge in [-0.25, -0.2) is 0 Å². The van der Waals surface area contributed by atoms with Gasteiger partial charge in [-0.2, -0.15) is 0 Å². The smallest absolute Gasteiger partial charge is 0.225 e. The number of hydrogen-bond donors (Lipinski definition) is 1. The Kier molecular flexibility index (Phi) is 7.76. The summed E-state index contributed by atoms with van der Waals surface area (Å²) in [5.74, 6) is 0.276. The molecule has 6 heteroatoms. The molecule has 1 aromatic heterocycles. The van der Waals surface area contributed by atoms with Gasteiger partial charge in [-0.05, 0) is 47.9 Å². The van der Waals surface area contributed by atoms with Crippen LogP contribution in [0.2, 0.25) is 0 Å². The highest BCUT2D eigenvalue weighted by atomic mass is 16.2. The molecule has 3 heterocycles. The van der Waals surface area contributed by atoms with E-state index in [2.05, 4.69) is 53.3 Å². The fraction of sp³-hybridized carbons (Fsp3) is 0.519. The first kappa shape index (κ1) is 23.4. The quantitative estimate of drug-likeness (QED) is 0.627. The Hall–Kier alpha value is -2.73. The van der Waals surface area contributed by atoms with Crippen LogP contribution in [0.25, 0.3) is 0 Å². The van der Waals surface area contributed by atoms with Crippen LogP contribution >= 0.6 is 0 Å². The van der Waals surface area contributed by atoms with E-state index in [0.717, 1.165) is 38.0 Å². The molecule has 6 nitrogen and oxygen atoms in total. The van der Waals surface area contributed by atoms with Gasteiger partial charge in [0, 0.05) is 51.5 Å². The van der Waals surface area contributed by atoms with E-state index < -0.39 is 0 Å². The Bertz CT molecular complexity index is 946. The molecule has 4 rings (SSSR count). The lowest BCUT2D eigenvalue weighted by atomic mass is 9.83. The van der Waals surface area contributed by atoms with Gasteiger partial charge in [0.05, 0.1) is 12.0 Å². The van der Waals surface area contributed by atoms with E-state index in [4.69, 9.17) is 0 Å². The largest absolute Gasteiger partial charge is 0.356 e. The molecule has 0 aliphatic carbocycles. The van der Waals surface area contributed by atoms with Crippen LogP contribution < -0.4 is 5.32 Å². The zero-order chi connectivity index (χ0) is 23.2. The minimum Gasteiger partial charge on any atom is -0.356 e. The van der Waals surface area contributed by atoms with E-state index in [1.807, 2.05) is 17.0 Å². The number of amides is 2. The second-order valence-corrected chi connectivity index (χ2v) is 9.76. The van der Waals surface area contributed by atoms with Crippen LogP contribution in [0.5, 0.6) is 0 Å². The minimum absolute atomic E-state index is 0.0501. The fourth-order valence-corrected chi connectivity index (χ4v) is 5.19. The van der Waals surface area contributed by atoms with Crippen molar-refractivity contribution in [3.8, 4) is 0 Å². The van der Waals surface area contributed by atoms with Crippen LogP contribution in [0.1, 0.15) is 55.8 Å². The second-order valence-electron chi connectivity index (χ2n) is 9.76. The van der Waals surface area contributed by atoms with Crippen molar-refractivity contribution in [3.63, 3.8) is 0 Å². The van der Waals surface area contributed by atoms with Gasteiger partial charge in [0.2, 0.25) is 11.8 Å². The third kappa shape index (κ3) is 5.80. The molecule has 2 amide bonds. The van der Waals surface area contributed by atoms with Crippen molar-refractivity contribution in [2.24, 2.45) is 11.8 Å². The van der Waals surface area contributed by atoms with E-state index >= 15 is 0 Å². The van der Waals surface area contributed by atoms with Crippen molar-refractivity contribution >= 4 is 11.8 Å². The first-order chi connectivity index (χ1) is 16.0. The number of benzene rings is 1. The molecule has 1 fully saturated rings. The highest BCUT2D eigenvalue weighted by Gasteiger charge is 2.40. The molecule has 2 aromatic rings. The molecule has 0 saturated carbocycles. The van der Waals surface area contributed by atoms with Gasteiger partial charge < -0.3 is 10.2 Å². The highest BCUT2D eigenvalue weighted by molar-refractivity contribution is 5.85. The van der Waals surface area contributed by atoms with Crippen molar-refractivity contribution in [1.82, 2.24) is 20.1 Å². The molecule has 2 aliphatic heterocycles. The number of nitrogens with one attached hydrogen (secondary N) is 1. The number of aromatic nitrogens is 1. The van der Waals surface area contributed by atoms with Gasteiger partial charge in [0.1, 0.15) is 0 Å². The van der Waals surface area contributed by atoms with Crippen LogP contribution in [0.4, 0.5) is 0 Å². The van der Waals surface area contributed by atoms with E-state index in [1.165, 1.54) is 11.1 Å². The Morgan fingerprint density at radius 2 is 1.97 bits per heavy atom. The summed E-state index contributed by atoms with van der Waals surface area (Å²) in [6.07, 6.45) is 6.56. The molecule has 1 N–H and O–H groups in total. The number of nitrogens with zero attached hydrogens (tertiary/aromatic N) is 3. The number of carbonyl (C=O) groups excluding carboxylic acids is 2. The molecule has 0 bridgehead atoms. The lowest BCUT2D eigenvalue weighted by Gasteiger charge is -2.41. The molecule has 33 heavy (non-hydrogen) atoms. The number of pyridine rings is 1. The van der Waals surface area contributed by atoms with Gasteiger partial charge in [-0.15, -0.1) is 0 Å². The third-order valence-electron chi connectivity index (χ3n) is 6.79. The molecule has 176 valence electrons. The molecule has 2 aliphatic rings. The zero-order valence-corrected chi connectivity index (χ0v) is 19.9. The van der Waals surface area contributed by atoms with Crippen LogP contribution in [0, 0.1) is 11.8 Å². The average molecular weight is 449 g/mol. The maximum absolute atomic E-state index is 13.3. The summed E-state index contributed by atoms with van der Waals surface area (Å²) in [5.41, 5.74) is 3.82. The van der Waals surface area contributed by atoms with Crippen molar-refractivity contribution in [3.05, 3.63) is 65.5 Å². The lowest BCUT2D eigenvalue weighted by Crippen LogP contribution is -2.49. The summed E-state index contributed by atoms with van der Waals surface area (Å²) >= 11 is 0. The van der Waals surface area contributed by atoms with Crippen LogP contribution in [-0.4, -0.2) is 52.8 Å². The first-order valence-corrected chi connectivity index (χ1v) is 12.3. The van der Waals surface area contributed by atoms with Crippen molar-refractivity contribution in [2.45, 2.75) is 52.1 Å². The number of likely N-dealkylation sites (tertiary alicyclic amines) is 1. The molecule has 0 unspecified atom stereocenters. The lowest BCUT2D eigenvalue weighted by molar-refractivity contribution is -0.144. The van der Waals surface area contributed by atoms with E-state index in [1.54, 1.807) is 12.4 Å². The summed E-state index contributed by atoms with van der Waals surface area (Å²) in [7, 11) is 0. The van der Waals surface area contributed by atoms with Crippen molar-refractivity contribution < 1.29 is 9.59 Å². The molecule has 2 atom stereocenters. The third-order valence-corrected chi connectivity index (χ3v) is 6.79. The first-order valence-electron chi connectivity index (χ1n) is 12.3. The fourth-order valence-electron chi connectivity index (χ4n) is 5.19. The van der Waals surface area contributed by atoms with E-state index in [-0.39, 0.29) is 23.8 Å². The van der Waals surface area contributed by atoms with E-state index in [9.17, 15) is 9.59 Å². The topological polar surface area (TPSA) is 65.5 Å². The number of piperidine rings is 1. The number of fused-ring (bicyclic) bond motifs is 1. The summed E-state index contributed by atoms with van der Waals surface area (Å²) in [5, 5.41) is 3.18. The van der Waals surface area contributed by atoms with Gasteiger partial charge in [-0.1, -0.05) is 44.2 Å². The maximum atomic E-state index is 13.3. The molecule has 1 aromatic carbocycles. The van der Waals surface area contributed by atoms with Crippen molar-refractivity contribution in [1.29, 1.82) is 0 Å². The molecule has 0 radical (unpaired) electrons. The summed E-state index contributed by atoms with van der Waals surface area (Å²) < 4.78 is 0. The Balaban J connectivity index is 1.34. The Morgan fingerprint density at radius 3 is 2.73 bits per heavy atom. The van der Waals surface area contributed by atoms with Crippen LogP contribution in [0.15, 0.2) is 48.8 Å². The summed E-state index contributed by atoms with van der Waals surface area (Å²) in [4.78, 5) is 34.7. The maximum Gasteiger partial charge on any atom is 0.225 e. The van der Waals surface area contributed by atoms with Gasteiger partial charge >= 0.3 is 0 Å². The predicted molar refractivity (Wildman–Crippen MR) is 129 cm³/mol. The van der Waals surface area contributed by atoms with Gasteiger partial charge in [0.15, 0.2) is 0 Å². The highest BCUT2D eigenvalue weighted by Crippen LogP contribution is 2.37. The summed E-state index contributed by atoms with van der Waals surface area (Å²) in [6, 6.07) is 12.3. The normalized spacial score (nSPS) is 21.2. The van der Waals surface area contributed by atoms with Gasteiger partial charge in [0.25, 0.3) is 0 Å². The van der Waals surface area contributed by atoms with Crippen LogP contribution in [-0.2, 0) is 22.6 Å². The SMILES string of the molecule is CC(C)CN1C(=O)CC[C@@H](C(=O)NCCCN2CCc3ccccc3C2)[C@@H]1c1cccnc1. The molecule has 1 saturated heterocycles. The molecule has 0 spiro atoms. The second kappa shape index (κ2) is 10.9. The Labute approximate surface area is 197 Å². The minimum atomic E-state index is -0.249. The number of hydrogen-bond acceptors (Lipinski definition) is 4. The zero-order valence-electron chi connectivity index (χ0n) is 19.9. The van der Waals surface area contributed by atoms with Crippen LogP contribution in [0.3, 0.4) is 0 Å². The number of rotatable bonds is 8. The van der Waals surface area contributed by atoms with Crippen molar-refractivity contribution in [2.75, 3.05) is 26.2 Å².